The van der Waals surface area contributed by atoms with Crippen LogP contribution in [0.1, 0.15) is 51.9 Å². The molecule has 0 spiro atoms. The lowest BCUT2D eigenvalue weighted by atomic mass is 9.45. The van der Waals surface area contributed by atoms with E-state index in [0.717, 1.165) is 13.3 Å². The summed E-state index contributed by atoms with van der Waals surface area (Å²) in [5.41, 5.74) is -2.32. The van der Waals surface area contributed by atoms with E-state index in [1.54, 1.807) is 0 Å². The van der Waals surface area contributed by atoms with Crippen LogP contribution in [0.25, 0.3) is 0 Å². The van der Waals surface area contributed by atoms with Gasteiger partial charge in [0.15, 0.2) is 0 Å². The zero-order chi connectivity index (χ0) is 12.5. The van der Waals surface area contributed by atoms with E-state index in [4.69, 9.17) is 0 Å². The molecule has 4 fully saturated rings. The first-order valence-corrected chi connectivity index (χ1v) is 6.44. The minimum Gasteiger partial charge on any atom is -0.390 e. The van der Waals surface area contributed by atoms with Gasteiger partial charge in [0.25, 0.3) is 0 Å². The predicted octanol–water partition coefficient (Wildman–Crippen LogP) is 2.48. The monoisotopic (exact) mass is 246 g/mol. The molecule has 2 atom stereocenters. The van der Waals surface area contributed by atoms with E-state index in [0.29, 0.717) is 32.1 Å². The average molecular weight is 246 g/mol. The second-order valence-corrected chi connectivity index (χ2v) is 7.20. The van der Waals surface area contributed by atoms with E-state index < -0.39 is 22.5 Å². The molecule has 2 nitrogen and oxygen atoms in total. The SMILES string of the molecule is CC(F)(F)CC12CC3CC(O)(CC(O)(C3)C1)C2. The molecule has 0 aliphatic heterocycles. The highest BCUT2D eigenvalue weighted by molar-refractivity contribution is 5.14. The van der Waals surface area contributed by atoms with Crippen molar-refractivity contribution in [2.24, 2.45) is 11.3 Å². The number of aliphatic hydroxyl groups is 2. The summed E-state index contributed by atoms with van der Waals surface area (Å²) in [6, 6.07) is 0. The third-order valence-electron chi connectivity index (χ3n) is 4.81. The van der Waals surface area contributed by atoms with Crippen LogP contribution in [0.5, 0.6) is 0 Å². The lowest BCUT2D eigenvalue weighted by Crippen LogP contribution is -2.63. The van der Waals surface area contributed by atoms with E-state index in [1.165, 1.54) is 0 Å². The minimum absolute atomic E-state index is 0.193. The summed E-state index contributed by atoms with van der Waals surface area (Å²) in [6.45, 7) is 0.944. The smallest absolute Gasteiger partial charge is 0.245 e. The van der Waals surface area contributed by atoms with Crippen molar-refractivity contribution in [2.45, 2.75) is 69.0 Å². The molecule has 2 N–H and O–H groups in total. The van der Waals surface area contributed by atoms with Crippen molar-refractivity contribution in [1.29, 1.82) is 0 Å². The molecule has 4 bridgehead atoms. The Kier molecular flexibility index (Phi) is 2.11. The predicted molar refractivity (Wildman–Crippen MR) is 58.8 cm³/mol. The van der Waals surface area contributed by atoms with E-state index in [1.807, 2.05) is 0 Å². The van der Waals surface area contributed by atoms with Gasteiger partial charge in [-0.2, -0.15) is 0 Å². The van der Waals surface area contributed by atoms with Crippen LogP contribution >= 0.6 is 0 Å². The number of hydrogen-bond donors (Lipinski definition) is 2. The number of halogens is 2. The molecule has 98 valence electrons. The van der Waals surface area contributed by atoms with Crippen LogP contribution in [0.3, 0.4) is 0 Å². The van der Waals surface area contributed by atoms with Crippen LogP contribution in [0.2, 0.25) is 0 Å². The van der Waals surface area contributed by atoms with Crippen molar-refractivity contribution in [3.8, 4) is 0 Å². The van der Waals surface area contributed by atoms with E-state index in [-0.39, 0.29) is 12.3 Å². The quantitative estimate of drug-likeness (QED) is 0.785. The molecule has 4 aliphatic carbocycles. The fourth-order valence-corrected chi connectivity index (χ4v) is 5.39. The summed E-state index contributed by atoms with van der Waals surface area (Å²) in [7, 11) is 0. The highest BCUT2D eigenvalue weighted by atomic mass is 19.3. The van der Waals surface area contributed by atoms with Gasteiger partial charge in [-0.05, 0) is 50.4 Å². The summed E-state index contributed by atoms with van der Waals surface area (Å²) in [6.07, 6.45) is 3.21. The molecule has 0 aromatic heterocycles. The van der Waals surface area contributed by atoms with Gasteiger partial charge in [0, 0.05) is 12.8 Å². The maximum Gasteiger partial charge on any atom is 0.245 e. The van der Waals surface area contributed by atoms with Crippen molar-refractivity contribution >= 4 is 0 Å². The largest absolute Gasteiger partial charge is 0.390 e. The molecule has 4 aliphatic rings. The van der Waals surface area contributed by atoms with Crippen molar-refractivity contribution in [3.05, 3.63) is 0 Å². The van der Waals surface area contributed by atoms with Gasteiger partial charge in [-0.15, -0.1) is 0 Å². The lowest BCUT2D eigenvalue weighted by molar-refractivity contribution is -0.242. The Labute approximate surface area is 100 Å². The minimum atomic E-state index is -2.71. The van der Waals surface area contributed by atoms with Gasteiger partial charge >= 0.3 is 0 Å². The van der Waals surface area contributed by atoms with Gasteiger partial charge in [0.1, 0.15) is 0 Å². The molecule has 4 saturated carbocycles. The molecule has 0 amide bonds. The Balaban J connectivity index is 1.92. The molecule has 2 unspecified atom stereocenters. The van der Waals surface area contributed by atoms with Gasteiger partial charge in [0.2, 0.25) is 5.92 Å². The summed E-state index contributed by atoms with van der Waals surface area (Å²) >= 11 is 0. The molecule has 0 radical (unpaired) electrons. The van der Waals surface area contributed by atoms with Crippen LogP contribution in [0.15, 0.2) is 0 Å². The van der Waals surface area contributed by atoms with Crippen LogP contribution in [-0.4, -0.2) is 27.3 Å². The maximum absolute atomic E-state index is 13.3. The zero-order valence-electron chi connectivity index (χ0n) is 10.2. The van der Waals surface area contributed by atoms with Crippen LogP contribution in [-0.2, 0) is 0 Å². The molecule has 0 aromatic rings. The highest BCUT2D eigenvalue weighted by Gasteiger charge is 2.63. The Hall–Kier alpha value is -0.220. The second-order valence-electron chi connectivity index (χ2n) is 7.20. The third kappa shape index (κ3) is 1.99. The van der Waals surface area contributed by atoms with Crippen molar-refractivity contribution in [3.63, 3.8) is 0 Å². The summed E-state index contributed by atoms with van der Waals surface area (Å²) in [5, 5.41) is 20.8. The lowest BCUT2D eigenvalue weighted by Gasteiger charge is -2.63. The summed E-state index contributed by atoms with van der Waals surface area (Å²) in [5.74, 6) is -2.48. The fourth-order valence-electron chi connectivity index (χ4n) is 5.39. The zero-order valence-corrected chi connectivity index (χ0v) is 10.2. The molecule has 0 heterocycles. The number of rotatable bonds is 2. The number of hydrogen-bond acceptors (Lipinski definition) is 2. The topological polar surface area (TPSA) is 40.5 Å². The molecule has 0 saturated heterocycles. The normalized spacial score (nSPS) is 53.1. The standard InChI is InChI=1S/C13H20F2O2/c1-10(14,15)5-11-2-9-3-12(16,6-11)8-13(17,4-9)7-11/h9,16-17H,2-8H2,1H3. The van der Waals surface area contributed by atoms with Crippen LogP contribution in [0, 0.1) is 11.3 Å². The molecule has 17 heavy (non-hydrogen) atoms. The first-order chi connectivity index (χ1) is 7.61. The van der Waals surface area contributed by atoms with Crippen molar-refractivity contribution < 1.29 is 19.0 Å². The van der Waals surface area contributed by atoms with Crippen molar-refractivity contribution in [1.82, 2.24) is 0 Å². The Morgan fingerprint density at radius 1 is 1.06 bits per heavy atom. The van der Waals surface area contributed by atoms with E-state index in [2.05, 4.69) is 0 Å². The summed E-state index contributed by atoms with van der Waals surface area (Å²) in [4.78, 5) is 0. The van der Waals surface area contributed by atoms with Gasteiger partial charge in [-0.3, -0.25) is 0 Å². The second kappa shape index (κ2) is 3.02. The molecular weight excluding hydrogens is 226 g/mol. The first kappa shape index (κ1) is 11.8. The fraction of sp³-hybridized carbons (Fsp3) is 1.00. The average Bonchev–Trinajstić information content (AvgIpc) is 1.88. The van der Waals surface area contributed by atoms with E-state index in [9.17, 15) is 19.0 Å². The van der Waals surface area contributed by atoms with Crippen LogP contribution in [0.4, 0.5) is 8.78 Å². The highest BCUT2D eigenvalue weighted by Crippen LogP contribution is 2.65. The van der Waals surface area contributed by atoms with Gasteiger partial charge in [-0.25, -0.2) is 8.78 Å². The molecule has 4 rings (SSSR count). The Morgan fingerprint density at radius 2 is 1.59 bits per heavy atom. The van der Waals surface area contributed by atoms with E-state index >= 15 is 0 Å². The van der Waals surface area contributed by atoms with Gasteiger partial charge in [0.05, 0.1) is 11.2 Å². The Morgan fingerprint density at radius 3 is 2.00 bits per heavy atom. The summed E-state index contributed by atoms with van der Waals surface area (Å²) < 4.78 is 26.6. The van der Waals surface area contributed by atoms with Crippen LogP contribution < -0.4 is 0 Å². The molecule has 0 aromatic carbocycles. The van der Waals surface area contributed by atoms with Gasteiger partial charge in [-0.1, -0.05) is 0 Å². The number of alkyl halides is 2. The van der Waals surface area contributed by atoms with Crippen molar-refractivity contribution in [2.75, 3.05) is 0 Å². The third-order valence-corrected chi connectivity index (χ3v) is 4.81. The maximum atomic E-state index is 13.3. The molecular formula is C13H20F2O2. The Bertz CT molecular complexity index is 326. The van der Waals surface area contributed by atoms with Gasteiger partial charge < -0.3 is 10.2 Å². The molecule has 4 heteroatoms. The first-order valence-electron chi connectivity index (χ1n) is 6.44.